The number of hydrogen-bond donors (Lipinski definition) is 0. The van der Waals surface area contributed by atoms with Gasteiger partial charge in [0.05, 0.1) is 15.6 Å². The van der Waals surface area contributed by atoms with Crippen molar-refractivity contribution in [1.82, 2.24) is 4.90 Å². The Morgan fingerprint density at radius 1 is 1.15 bits per heavy atom. The molecular weight excluding hydrogens is 321 g/mol. The fraction of sp³-hybridized carbons (Fsp3) is 0.562. The summed E-state index contributed by atoms with van der Waals surface area (Å²) in [4.78, 5) is 15.3. The molecule has 0 bridgehead atoms. The molecular formula is C16H19BrFNO. The summed E-state index contributed by atoms with van der Waals surface area (Å²) in [7, 11) is 0. The fourth-order valence-electron chi connectivity index (χ4n) is 3.72. The van der Waals surface area contributed by atoms with E-state index in [-0.39, 0.29) is 11.3 Å². The van der Waals surface area contributed by atoms with Crippen molar-refractivity contribution >= 4 is 21.7 Å². The summed E-state index contributed by atoms with van der Waals surface area (Å²) < 4.78 is 14.6. The third-order valence-electron chi connectivity index (χ3n) is 4.76. The Balaban J connectivity index is 1.99. The Morgan fingerprint density at radius 3 is 2.45 bits per heavy atom. The summed E-state index contributed by atoms with van der Waals surface area (Å²) in [6.45, 7) is 1.95. The first-order valence-corrected chi connectivity index (χ1v) is 8.18. The summed E-state index contributed by atoms with van der Waals surface area (Å²) in [6.07, 6.45) is 6.18. The van der Waals surface area contributed by atoms with Gasteiger partial charge in [0.15, 0.2) is 5.78 Å². The van der Waals surface area contributed by atoms with Gasteiger partial charge in [-0.05, 0) is 66.8 Å². The van der Waals surface area contributed by atoms with Crippen LogP contribution >= 0.6 is 15.9 Å². The van der Waals surface area contributed by atoms with Crippen LogP contribution in [-0.2, 0) is 0 Å². The van der Waals surface area contributed by atoms with Gasteiger partial charge in [0, 0.05) is 0 Å². The van der Waals surface area contributed by atoms with Crippen molar-refractivity contribution in [2.45, 2.75) is 44.1 Å². The zero-order valence-electron chi connectivity index (χ0n) is 11.5. The van der Waals surface area contributed by atoms with Crippen LogP contribution in [0.4, 0.5) is 4.39 Å². The van der Waals surface area contributed by atoms with Crippen LogP contribution in [0.2, 0.25) is 0 Å². The maximum atomic E-state index is 14.3. The number of rotatable bonds is 3. The van der Waals surface area contributed by atoms with Gasteiger partial charge in [0.1, 0.15) is 5.82 Å². The molecule has 1 aromatic carbocycles. The topological polar surface area (TPSA) is 20.3 Å². The van der Waals surface area contributed by atoms with E-state index in [0.29, 0.717) is 4.47 Å². The van der Waals surface area contributed by atoms with Crippen LogP contribution in [-0.4, -0.2) is 29.3 Å². The monoisotopic (exact) mass is 339 g/mol. The van der Waals surface area contributed by atoms with Gasteiger partial charge in [-0.15, -0.1) is 0 Å². The van der Waals surface area contributed by atoms with E-state index >= 15 is 0 Å². The van der Waals surface area contributed by atoms with E-state index < -0.39 is 11.4 Å². The molecule has 2 aliphatic rings. The van der Waals surface area contributed by atoms with E-state index in [9.17, 15) is 9.18 Å². The highest BCUT2D eigenvalue weighted by Gasteiger charge is 2.47. The number of hydrogen-bond acceptors (Lipinski definition) is 2. The molecule has 1 heterocycles. The molecule has 0 unspecified atom stereocenters. The third kappa shape index (κ3) is 2.23. The van der Waals surface area contributed by atoms with E-state index in [1.165, 1.54) is 0 Å². The van der Waals surface area contributed by atoms with Gasteiger partial charge in [0.25, 0.3) is 0 Å². The lowest BCUT2D eigenvalue weighted by Gasteiger charge is -2.37. The third-order valence-corrected chi connectivity index (χ3v) is 5.37. The molecule has 20 heavy (non-hydrogen) atoms. The Kier molecular flexibility index (Phi) is 3.95. The molecule has 1 aliphatic carbocycles. The molecule has 0 atom stereocenters. The highest BCUT2D eigenvalue weighted by Crippen LogP contribution is 2.40. The lowest BCUT2D eigenvalue weighted by atomic mass is 9.85. The average molecular weight is 340 g/mol. The molecule has 2 fully saturated rings. The van der Waals surface area contributed by atoms with Crippen molar-refractivity contribution < 1.29 is 9.18 Å². The molecule has 1 aliphatic heterocycles. The molecule has 1 saturated carbocycles. The van der Waals surface area contributed by atoms with Crippen molar-refractivity contribution in [1.29, 1.82) is 0 Å². The number of Topliss-reactive ketones (excluding diaryl/α,β-unsaturated/α-hetero) is 1. The second kappa shape index (κ2) is 5.57. The summed E-state index contributed by atoms with van der Waals surface area (Å²) in [5.74, 6) is -0.432. The van der Waals surface area contributed by atoms with Crippen LogP contribution in [0.1, 0.15) is 48.9 Å². The molecule has 108 valence electrons. The highest BCUT2D eigenvalue weighted by atomic mass is 79.9. The van der Waals surface area contributed by atoms with Crippen molar-refractivity contribution in [3.8, 4) is 0 Å². The van der Waals surface area contributed by atoms with E-state index in [4.69, 9.17) is 0 Å². The number of halogens is 2. The van der Waals surface area contributed by atoms with Gasteiger partial charge >= 0.3 is 0 Å². The van der Waals surface area contributed by atoms with Crippen molar-refractivity contribution in [2.24, 2.45) is 0 Å². The number of likely N-dealkylation sites (tertiary alicyclic amines) is 1. The van der Waals surface area contributed by atoms with Crippen LogP contribution < -0.4 is 0 Å². The average Bonchev–Trinajstić information content (AvgIpc) is 3.12. The molecule has 1 saturated heterocycles. The second-order valence-electron chi connectivity index (χ2n) is 5.86. The van der Waals surface area contributed by atoms with Gasteiger partial charge in [-0.25, -0.2) is 4.39 Å². The molecule has 0 N–H and O–H groups in total. The Morgan fingerprint density at radius 2 is 1.80 bits per heavy atom. The number of carbonyl (C=O) groups excluding carboxylic acids is 1. The fourth-order valence-corrected chi connectivity index (χ4v) is 4.09. The molecule has 0 radical (unpaired) electrons. The minimum atomic E-state index is -0.446. The molecule has 0 amide bonds. The zero-order valence-corrected chi connectivity index (χ0v) is 13.1. The van der Waals surface area contributed by atoms with E-state index in [0.717, 1.165) is 51.6 Å². The minimum absolute atomic E-state index is 0.0179. The van der Waals surface area contributed by atoms with E-state index in [1.54, 1.807) is 18.2 Å². The smallest absolute Gasteiger partial charge is 0.186 e. The molecule has 3 rings (SSSR count). The predicted octanol–water partition coefficient (Wildman–Crippen LogP) is 4.18. The number of nitrogens with zero attached hydrogens (tertiary/aromatic N) is 1. The molecule has 1 aromatic rings. The number of ketones is 1. The van der Waals surface area contributed by atoms with Gasteiger partial charge in [0.2, 0.25) is 0 Å². The minimum Gasteiger partial charge on any atom is -0.292 e. The molecule has 4 heteroatoms. The SMILES string of the molecule is O=C(c1cccc(Br)c1F)C1(N2CCCC2)CCCC1. The lowest BCUT2D eigenvalue weighted by molar-refractivity contribution is 0.0622. The Labute approximate surface area is 127 Å². The normalized spacial score (nSPS) is 22.3. The number of benzene rings is 1. The van der Waals surface area contributed by atoms with Crippen molar-refractivity contribution in [3.05, 3.63) is 34.1 Å². The van der Waals surface area contributed by atoms with E-state index in [1.807, 2.05) is 0 Å². The standard InChI is InChI=1S/C16H19BrFNO/c17-13-7-5-6-12(14(13)18)15(20)16(8-1-2-9-16)19-10-3-4-11-19/h5-7H,1-4,8-11H2. The molecule has 0 aromatic heterocycles. The van der Waals surface area contributed by atoms with Crippen molar-refractivity contribution in [3.63, 3.8) is 0 Å². The second-order valence-corrected chi connectivity index (χ2v) is 6.72. The summed E-state index contributed by atoms with van der Waals surface area (Å²) >= 11 is 3.18. The van der Waals surface area contributed by atoms with Crippen LogP contribution in [0.15, 0.2) is 22.7 Å². The van der Waals surface area contributed by atoms with E-state index in [2.05, 4.69) is 20.8 Å². The Bertz CT molecular complexity index is 519. The largest absolute Gasteiger partial charge is 0.292 e. The summed E-state index contributed by atoms with van der Waals surface area (Å²) in [5.41, 5.74) is -0.203. The first-order chi connectivity index (χ1) is 9.65. The van der Waals surface area contributed by atoms with Crippen LogP contribution in [0.5, 0.6) is 0 Å². The van der Waals surface area contributed by atoms with Gasteiger partial charge < -0.3 is 0 Å². The maximum absolute atomic E-state index is 14.3. The van der Waals surface area contributed by atoms with Gasteiger partial charge in [-0.1, -0.05) is 18.9 Å². The zero-order chi connectivity index (χ0) is 14.2. The summed E-state index contributed by atoms with van der Waals surface area (Å²) in [5, 5.41) is 0. The van der Waals surface area contributed by atoms with Gasteiger partial charge in [-0.3, -0.25) is 9.69 Å². The first kappa shape index (κ1) is 14.2. The molecule has 2 nitrogen and oxygen atoms in total. The van der Waals surface area contributed by atoms with Crippen molar-refractivity contribution in [2.75, 3.05) is 13.1 Å². The maximum Gasteiger partial charge on any atom is 0.186 e. The van der Waals surface area contributed by atoms with Crippen LogP contribution in [0, 0.1) is 5.82 Å². The first-order valence-electron chi connectivity index (χ1n) is 7.39. The molecule has 0 spiro atoms. The Hall–Kier alpha value is -0.740. The predicted molar refractivity (Wildman–Crippen MR) is 80.4 cm³/mol. The quantitative estimate of drug-likeness (QED) is 0.770. The van der Waals surface area contributed by atoms with Crippen LogP contribution in [0.3, 0.4) is 0 Å². The lowest BCUT2D eigenvalue weighted by Crippen LogP contribution is -2.51. The van der Waals surface area contributed by atoms with Gasteiger partial charge in [-0.2, -0.15) is 0 Å². The highest BCUT2D eigenvalue weighted by molar-refractivity contribution is 9.10. The summed E-state index contributed by atoms with van der Waals surface area (Å²) in [6, 6.07) is 5.01. The number of carbonyl (C=O) groups is 1. The van der Waals surface area contributed by atoms with Crippen LogP contribution in [0.25, 0.3) is 0 Å².